The Morgan fingerprint density at radius 3 is 2.48 bits per heavy atom. The van der Waals surface area contributed by atoms with Crippen LogP contribution in [0.3, 0.4) is 0 Å². The number of hydrogen-bond donors (Lipinski definition) is 1. The lowest BCUT2D eigenvalue weighted by Crippen LogP contribution is -2.54. The van der Waals surface area contributed by atoms with E-state index in [9.17, 15) is 9.59 Å². The van der Waals surface area contributed by atoms with Gasteiger partial charge in [-0.3, -0.25) is 9.36 Å². The lowest BCUT2D eigenvalue weighted by molar-refractivity contribution is 0.186. The van der Waals surface area contributed by atoms with E-state index < -0.39 is 0 Å². The van der Waals surface area contributed by atoms with Crippen LogP contribution in [0, 0.1) is 0 Å². The minimum Gasteiger partial charge on any atom is -0.348 e. The number of carbonyl (C=O) groups excluding carboxylic acids is 1. The average molecular weight is 447 g/mol. The zero-order valence-electron chi connectivity index (χ0n) is 18.8. The number of anilines is 1. The molecule has 8 nitrogen and oxygen atoms in total. The normalized spacial score (nSPS) is 17.3. The summed E-state index contributed by atoms with van der Waals surface area (Å²) in [6.45, 7) is 2.74. The van der Waals surface area contributed by atoms with E-state index in [1.165, 1.54) is 19.3 Å². The first kappa shape index (κ1) is 21.4. The summed E-state index contributed by atoms with van der Waals surface area (Å²) in [6, 6.07) is 13.9. The second-order valence-corrected chi connectivity index (χ2v) is 8.92. The Balaban J connectivity index is 1.34. The van der Waals surface area contributed by atoms with Crippen LogP contribution in [0.4, 0.5) is 10.6 Å². The van der Waals surface area contributed by atoms with Crippen LogP contribution in [0.15, 0.2) is 53.5 Å². The summed E-state index contributed by atoms with van der Waals surface area (Å²) in [4.78, 5) is 39.2. The molecule has 0 unspecified atom stereocenters. The van der Waals surface area contributed by atoms with Gasteiger partial charge >= 0.3 is 6.03 Å². The first-order chi connectivity index (χ1) is 16.2. The van der Waals surface area contributed by atoms with E-state index >= 15 is 0 Å². The topological polar surface area (TPSA) is 83.4 Å². The van der Waals surface area contributed by atoms with Crippen LogP contribution in [0.2, 0.25) is 0 Å². The van der Waals surface area contributed by atoms with Crippen LogP contribution in [-0.2, 0) is 6.54 Å². The van der Waals surface area contributed by atoms with E-state index in [2.05, 4.69) is 15.3 Å². The van der Waals surface area contributed by atoms with E-state index in [1.54, 1.807) is 10.8 Å². The van der Waals surface area contributed by atoms with Gasteiger partial charge in [-0.2, -0.15) is 0 Å². The molecular formula is C25H30N6O2. The quantitative estimate of drug-likeness (QED) is 0.666. The molecular weight excluding hydrogens is 416 g/mol. The Morgan fingerprint density at radius 1 is 0.970 bits per heavy atom. The van der Waals surface area contributed by atoms with Crippen molar-refractivity contribution in [1.82, 2.24) is 24.8 Å². The lowest BCUT2D eigenvalue weighted by Gasteiger charge is -2.36. The van der Waals surface area contributed by atoms with Gasteiger partial charge in [0.15, 0.2) is 11.5 Å². The molecule has 1 saturated carbocycles. The van der Waals surface area contributed by atoms with Crippen molar-refractivity contribution in [2.75, 3.05) is 31.1 Å². The fraction of sp³-hybridized carbons (Fsp3) is 0.440. The zero-order chi connectivity index (χ0) is 22.6. The summed E-state index contributed by atoms with van der Waals surface area (Å²) in [7, 11) is 0. The van der Waals surface area contributed by atoms with E-state index in [4.69, 9.17) is 0 Å². The van der Waals surface area contributed by atoms with Crippen LogP contribution in [0.1, 0.15) is 37.7 Å². The van der Waals surface area contributed by atoms with Crippen molar-refractivity contribution in [3.05, 3.63) is 64.6 Å². The molecule has 2 amide bonds. The number of fused-ring (bicyclic) bond motifs is 1. The third-order valence-electron chi connectivity index (χ3n) is 6.67. The number of nitrogens with one attached hydrogen (secondary N) is 1. The SMILES string of the molecule is O=C(NC1CCCCC1)N1CCN(c2nc3cccnc3n(Cc3ccccc3)c2=O)CC1. The minimum atomic E-state index is -0.148. The highest BCUT2D eigenvalue weighted by Crippen LogP contribution is 2.19. The second kappa shape index (κ2) is 9.60. The molecule has 0 atom stereocenters. The highest BCUT2D eigenvalue weighted by atomic mass is 16.2. The molecule has 33 heavy (non-hydrogen) atoms. The minimum absolute atomic E-state index is 0.0127. The van der Waals surface area contributed by atoms with Crippen molar-refractivity contribution < 1.29 is 4.79 Å². The highest BCUT2D eigenvalue weighted by Gasteiger charge is 2.26. The molecule has 0 spiro atoms. The summed E-state index contributed by atoms with van der Waals surface area (Å²) in [6.07, 6.45) is 7.48. The van der Waals surface area contributed by atoms with Gasteiger partial charge in [0.1, 0.15) is 5.52 Å². The smallest absolute Gasteiger partial charge is 0.317 e. The molecule has 2 aromatic heterocycles. The molecule has 1 saturated heterocycles. The van der Waals surface area contributed by atoms with Crippen LogP contribution < -0.4 is 15.8 Å². The van der Waals surface area contributed by atoms with Crippen molar-refractivity contribution in [2.24, 2.45) is 0 Å². The molecule has 0 bridgehead atoms. The lowest BCUT2D eigenvalue weighted by atomic mass is 9.96. The summed E-state index contributed by atoms with van der Waals surface area (Å²) in [5.41, 5.74) is 2.17. The predicted octanol–water partition coefficient (Wildman–Crippen LogP) is 3.00. The third kappa shape index (κ3) is 4.69. The van der Waals surface area contributed by atoms with Gasteiger partial charge in [0.05, 0.1) is 6.54 Å². The molecule has 3 aromatic rings. The van der Waals surface area contributed by atoms with Crippen LogP contribution in [0.25, 0.3) is 11.2 Å². The molecule has 172 valence electrons. The second-order valence-electron chi connectivity index (χ2n) is 8.92. The number of hydrogen-bond acceptors (Lipinski definition) is 5. The van der Waals surface area contributed by atoms with Crippen molar-refractivity contribution in [3.8, 4) is 0 Å². The standard InChI is InChI=1S/C25H30N6O2/c32-24-23(29-14-16-30(17-15-29)25(33)27-20-10-5-2-6-11-20)28-21-12-7-13-26-22(21)31(24)18-19-8-3-1-4-9-19/h1,3-4,7-9,12-13,20H,2,5-6,10-11,14-18H2,(H,27,33). The molecule has 1 aliphatic carbocycles. The Hall–Kier alpha value is -3.42. The van der Waals surface area contributed by atoms with Gasteiger partial charge in [-0.05, 0) is 30.5 Å². The molecule has 5 rings (SSSR count). The van der Waals surface area contributed by atoms with Gasteiger partial charge < -0.3 is 15.1 Å². The molecule has 1 aromatic carbocycles. The molecule has 8 heteroatoms. The van der Waals surface area contributed by atoms with Crippen LogP contribution in [-0.4, -0.2) is 57.7 Å². The number of piperazine rings is 1. The van der Waals surface area contributed by atoms with Gasteiger partial charge in [0.2, 0.25) is 0 Å². The number of aromatic nitrogens is 3. The summed E-state index contributed by atoms with van der Waals surface area (Å²) in [5.74, 6) is 0.429. The fourth-order valence-corrected chi connectivity index (χ4v) is 4.82. The van der Waals surface area contributed by atoms with Crippen LogP contribution >= 0.6 is 0 Å². The van der Waals surface area contributed by atoms with Crippen molar-refractivity contribution in [3.63, 3.8) is 0 Å². The van der Waals surface area contributed by atoms with E-state index in [0.717, 1.165) is 18.4 Å². The number of rotatable bonds is 4. The molecule has 2 fully saturated rings. The molecule has 1 aliphatic heterocycles. The van der Waals surface area contributed by atoms with Gasteiger partial charge in [-0.25, -0.2) is 14.8 Å². The average Bonchev–Trinajstić information content (AvgIpc) is 2.87. The highest BCUT2D eigenvalue weighted by molar-refractivity contribution is 5.75. The maximum Gasteiger partial charge on any atom is 0.317 e. The number of urea groups is 1. The van der Waals surface area contributed by atoms with Crippen molar-refractivity contribution in [1.29, 1.82) is 0 Å². The molecule has 1 N–H and O–H groups in total. The number of amides is 2. The first-order valence-corrected chi connectivity index (χ1v) is 11.9. The Morgan fingerprint density at radius 2 is 1.73 bits per heavy atom. The summed E-state index contributed by atoms with van der Waals surface area (Å²) in [5, 5.41) is 3.19. The maximum atomic E-state index is 13.5. The van der Waals surface area contributed by atoms with Gasteiger partial charge in [-0.1, -0.05) is 49.6 Å². The Bertz CT molecular complexity index is 1160. The van der Waals surface area contributed by atoms with E-state index in [0.29, 0.717) is 55.7 Å². The summed E-state index contributed by atoms with van der Waals surface area (Å²) < 4.78 is 1.70. The van der Waals surface area contributed by atoms with Gasteiger partial charge in [0, 0.05) is 38.4 Å². The first-order valence-electron chi connectivity index (χ1n) is 11.9. The fourth-order valence-electron chi connectivity index (χ4n) is 4.82. The van der Waals surface area contributed by atoms with E-state index in [-0.39, 0.29) is 11.6 Å². The largest absolute Gasteiger partial charge is 0.348 e. The van der Waals surface area contributed by atoms with Crippen molar-refractivity contribution >= 4 is 23.0 Å². The number of benzene rings is 1. The molecule has 3 heterocycles. The van der Waals surface area contributed by atoms with Crippen molar-refractivity contribution in [2.45, 2.75) is 44.7 Å². The predicted molar refractivity (Wildman–Crippen MR) is 129 cm³/mol. The third-order valence-corrected chi connectivity index (χ3v) is 6.67. The van der Waals surface area contributed by atoms with Gasteiger partial charge in [-0.15, -0.1) is 0 Å². The number of carbonyl (C=O) groups is 1. The monoisotopic (exact) mass is 446 g/mol. The zero-order valence-corrected chi connectivity index (χ0v) is 18.8. The Labute approximate surface area is 193 Å². The molecule has 2 aliphatic rings. The Kier molecular flexibility index (Phi) is 6.24. The number of pyridine rings is 1. The van der Waals surface area contributed by atoms with E-state index in [1.807, 2.05) is 52.3 Å². The van der Waals surface area contributed by atoms with Crippen LogP contribution in [0.5, 0.6) is 0 Å². The number of nitrogens with zero attached hydrogens (tertiary/aromatic N) is 5. The summed E-state index contributed by atoms with van der Waals surface area (Å²) >= 11 is 0. The van der Waals surface area contributed by atoms with Gasteiger partial charge in [0.25, 0.3) is 5.56 Å². The maximum absolute atomic E-state index is 13.5. The molecule has 0 radical (unpaired) electrons.